The minimum atomic E-state index is -0.266. The summed E-state index contributed by atoms with van der Waals surface area (Å²) in [7, 11) is 0. The lowest BCUT2D eigenvalue weighted by atomic mass is 9.72. The molecule has 1 aromatic rings. The molecule has 0 bridgehead atoms. The molecule has 20 heavy (non-hydrogen) atoms. The Balaban J connectivity index is 2.01. The van der Waals surface area contributed by atoms with Gasteiger partial charge in [0.2, 0.25) is 11.8 Å². The molecule has 0 aromatic heterocycles. The van der Waals surface area contributed by atoms with Crippen molar-refractivity contribution < 1.29 is 9.59 Å². The molecule has 4 nitrogen and oxygen atoms in total. The number of hydrogen-bond donors (Lipinski definition) is 2. The van der Waals surface area contributed by atoms with Crippen LogP contribution in [0, 0.1) is 0 Å². The minimum absolute atomic E-state index is 0.0441. The molecule has 5 heteroatoms. The summed E-state index contributed by atoms with van der Waals surface area (Å²) in [5.41, 5.74) is 0.853. The predicted octanol–water partition coefficient (Wildman–Crippen LogP) is 2.47. The number of rotatable bonds is 5. The summed E-state index contributed by atoms with van der Waals surface area (Å²) in [6, 6.07) is 8.03. The molecule has 0 spiro atoms. The Kier molecular flexibility index (Phi) is 4.81. The molecule has 2 amide bonds. The molecule has 1 aliphatic carbocycles. The Morgan fingerprint density at radius 1 is 1.30 bits per heavy atom. The average Bonchev–Trinajstić information content (AvgIpc) is 2.40. The Bertz CT molecular complexity index is 512. The number of amides is 2. The largest absolute Gasteiger partial charge is 0.347 e. The van der Waals surface area contributed by atoms with E-state index >= 15 is 0 Å². The number of benzene rings is 1. The first-order valence-electron chi connectivity index (χ1n) is 6.89. The van der Waals surface area contributed by atoms with Crippen molar-refractivity contribution in [3.8, 4) is 0 Å². The van der Waals surface area contributed by atoms with Crippen molar-refractivity contribution in [1.29, 1.82) is 0 Å². The summed E-state index contributed by atoms with van der Waals surface area (Å²) in [5, 5.41) is 5.68. The molecule has 1 aromatic carbocycles. The highest BCUT2D eigenvalue weighted by Crippen LogP contribution is 2.41. The van der Waals surface area contributed by atoms with Gasteiger partial charge in [0.1, 0.15) is 0 Å². The number of carbonyl (C=O) groups is 2. The second-order valence-electron chi connectivity index (χ2n) is 5.12. The van der Waals surface area contributed by atoms with Crippen molar-refractivity contribution in [2.75, 3.05) is 6.54 Å². The van der Waals surface area contributed by atoms with E-state index in [9.17, 15) is 9.59 Å². The van der Waals surface area contributed by atoms with Crippen LogP contribution < -0.4 is 10.6 Å². The summed E-state index contributed by atoms with van der Waals surface area (Å²) in [6.45, 7) is 1.81. The van der Waals surface area contributed by atoms with Gasteiger partial charge in [0.05, 0.1) is 12.1 Å². The van der Waals surface area contributed by atoms with Crippen molar-refractivity contribution in [1.82, 2.24) is 10.6 Å². The van der Waals surface area contributed by atoms with Gasteiger partial charge >= 0.3 is 0 Å². The maximum absolute atomic E-state index is 12.0. The zero-order valence-electron chi connectivity index (χ0n) is 11.5. The molecule has 1 saturated carbocycles. The standard InChI is InChI=1S/C15H19BrN2O2/c1-2-13(19)17-10-14(20)18-15(7-4-8-15)11-5-3-6-12(16)9-11/h3,5-6,9H,2,4,7-8,10H2,1H3,(H,17,19)(H,18,20). The summed E-state index contributed by atoms with van der Waals surface area (Å²) in [5.74, 6) is -0.239. The molecular weight excluding hydrogens is 320 g/mol. The lowest BCUT2D eigenvalue weighted by Crippen LogP contribution is -2.53. The molecule has 0 aliphatic heterocycles. The number of hydrogen-bond acceptors (Lipinski definition) is 2. The van der Waals surface area contributed by atoms with E-state index in [4.69, 9.17) is 0 Å². The van der Waals surface area contributed by atoms with E-state index in [1.54, 1.807) is 6.92 Å². The van der Waals surface area contributed by atoms with Gasteiger partial charge in [0.25, 0.3) is 0 Å². The van der Waals surface area contributed by atoms with Crippen LogP contribution in [0.4, 0.5) is 0 Å². The molecule has 2 N–H and O–H groups in total. The van der Waals surface area contributed by atoms with Crippen molar-refractivity contribution in [2.24, 2.45) is 0 Å². The predicted molar refractivity (Wildman–Crippen MR) is 81.1 cm³/mol. The molecule has 1 fully saturated rings. The van der Waals surface area contributed by atoms with Crippen molar-refractivity contribution in [2.45, 2.75) is 38.1 Å². The first kappa shape index (κ1) is 15.0. The zero-order chi connectivity index (χ0) is 14.6. The molecule has 0 radical (unpaired) electrons. The average molecular weight is 339 g/mol. The highest BCUT2D eigenvalue weighted by Gasteiger charge is 2.39. The first-order valence-corrected chi connectivity index (χ1v) is 7.69. The molecular formula is C15H19BrN2O2. The van der Waals surface area contributed by atoms with Crippen LogP contribution in [-0.4, -0.2) is 18.4 Å². The lowest BCUT2D eigenvalue weighted by Gasteiger charge is -2.43. The van der Waals surface area contributed by atoms with Gasteiger partial charge < -0.3 is 10.6 Å². The van der Waals surface area contributed by atoms with Gasteiger partial charge in [-0.2, -0.15) is 0 Å². The maximum atomic E-state index is 12.0. The van der Waals surface area contributed by atoms with E-state index in [2.05, 4.69) is 26.6 Å². The zero-order valence-corrected chi connectivity index (χ0v) is 13.1. The van der Waals surface area contributed by atoms with Crippen LogP contribution in [0.5, 0.6) is 0 Å². The molecule has 108 valence electrons. The Hall–Kier alpha value is -1.36. The van der Waals surface area contributed by atoms with Gasteiger partial charge in [0, 0.05) is 10.9 Å². The minimum Gasteiger partial charge on any atom is -0.347 e. The number of carbonyl (C=O) groups excluding carboxylic acids is 2. The van der Waals surface area contributed by atoms with Crippen LogP contribution in [0.2, 0.25) is 0 Å². The Morgan fingerprint density at radius 2 is 2.05 bits per heavy atom. The third-order valence-electron chi connectivity index (χ3n) is 3.73. The monoisotopic (exact) mass is 338 g/mol. The van der Waals surface area contributed by atoms with E-state index in [1.165, 1.54) is 0 Å². The molecule has 0 atom stereocenters. The van der Waals surface area contributed by atoms with E-state index in [-0.39, 0.29) is 23.9 Å². The highest BCUT2D eigenvalue weighted by atomic mass is 79.9. The quantitative estimate of drug-likeness (QED) is 0.866. The van der Waals surface area contributed by atoms with Crippen LogP contribution in [-0.2, 0) is 15.1 Å². The molecule has 2 rings (SSSR count). The normalized spacial score (nSPS) is 16.1. The third kappa shape index (κ3) is 3.39. The molecule has 0 heterocycles. The summed E-state index contributed by atoms with van der Waals surface area (Å²) in [6.07, 6.45) is 3.38. The van der Waals surface area contributed by atoms with E-state index < -0.39 is 0 Å². The summed E-state index contributed by atoms with van der Waals surface area (Å²) in [4.78, 5) is 23.2. The van der Waals surface area contributed by atoms with Gasteiger partial charge in [-0.1, -0.05) is 35.0 Å². The highest BCUT2D eigenvalue weighted by molar-refractivity contribution is 9.10. The fourth-order valence-corrected chi connectivity index (χ4v) is 2.82. The van der Waals surface area contributed by atoms with Crippen molar-refractivity contribution >= 4 is 27.7 Å². The molecule has 1 aliphatic rings. The van der Waals surface area contributed by atoms with Crippen molar-refractivity contribution in [3.63, 3.8) is 0 Å². The van der Waals surface area contributed by atoms with Crippen LogP contribution in [0.15, 0.2) is 28.7 Å². The Morgan fingerprint density at radius 3 is 2.60 bits per heavy atom. The Labute approximate surface area is 127 Å². The maximum Gasteiger partial charge on any atom is 0.240 e. The van der Waals surface area contributed by atoms with Gasteiger partial charge in [-0.25, -0.2) is 0 Å². The topological polar surface area (TPSA) is 58.2 Å². The molecule has 0 unspecified atom stereocenters. The first-order chi connectivity index (χ1) is 9.55. The van der Waals surface area contributed by atoms with Crippen molar-refractivity contribution in [3.05, 3.63) is 34.3 Å². The fraction of sp³-hybridized carbons (Fsp3) is 0.467. The third-order valence-corrected chi connectivity index (χ3v) is 4.22. The van der Waals surface area contributed by atoms with E-state index in [1.807, 2.05) is 24.3 Å². The SMILES string of the molecule is CCC(=O)NCC(=O)NC1(c2cccc(Br)c2)CCC1. The smallest absolute Gasteiger partial charge is 0.240 e. The fourth-order valence-electron chi connectivity index (χ4n) is 2.42. The van der Waals surface area contributed by atoms with Gasteiger partial charge in [-0.15, -0.1) is 0 Å². The van der Waals surface area contributed by atoms with E-state index in [0.29, 0.717) is 6.42 Å². The number of nitrogens with one attached hydrogen (secondary N) is 2. The second-order valence-corrected chi connectivity index (χ2v) is 6.04. The van der Waals surface area contributed by atoms with Gasteiger partial charge in [-0.3, -0.25) is 9.59 Å². The number of halogens is 1. The lowest BCUT2D eigenvalue weighted by molar-refractivity contribution is -0.127. The van der Waals surface area contributed by atoms with Gasteiger partial charge in [-0.05, 0) is 37.0 Å². The van der Waals surface area contributed by atoms with Gasteiger partial charge in [0.15, 0.2) is 0 Å². The van der Waals surface area contributed by atoms with E-state index in [0.717, 1.165) is 29.3 Å². The second kappa shape index (κ2) is 6.39. The van der Waals surface area contributed by atoms with Crippen LogP contribution in [0.1, 0.15) is 38.2 Å². The van der Waals surface area contributed by atoms with Crippen LogP contribution >= 0.6 is 15.9 Å². The summed E-state index contributed by atoms with van der Waals surface area (Å²) < 4.78 is 1.01. The van der Waals surface area contributed by atoms with Crippen LogP contribution in [0.25, 0.3) is 0 Å². The van der Waals surface area contributed by atoms with Crippen LogP contribution in [0.3, 0.4) is 0 Å². The summed E-state index contributed by atoms with van der Waals surface area (Å²) >= 11 is 3.46. The molecule has 0 saturated heterocycles.